The molecule has 3 N–H and O–H groups in total. The molecule has 0 fully saturated rings. The minimum Gasteiger partial charge on any atom is -0.368 e. The van der Waals surface area contributed by atoms with Gasteiger partial charge in [-0.1, -0.05) is 6.92 Å². The van der Waals surface area contributed by atoms with Crippen LogP contribution in [-0.2, 0) is 4.79 Å². The predicted octanol–water partition coefficient (Wildman–Crippen LogP) is 0.960. The molecular formula is C12H27N3O. The van der Waals surface area contributed by atoms with E-state index in [-0.39, 0.29) is 5.91 Å². The Hall–Kier alpha value is -0.610. The number of hydrogen-bond donors (Lipinski definition) is 2. The molecule has 1 unspecified atom stereocenters. The van der Waals surface area contributed by atoms with E-state index in [1.807, 2.05) is 6.92 Å². The first-order chi connectivity index (χ1) is 7.37. The fraction of sp³-hybridized carbons (Fsp3) is 0.917. The van der Waals surface area contributed by atoms with Gasteiger partial charge in [0, 0.05) is 12.6 Å². The fourth-order valence-electron chi connectivity index (χ4n) is 1.65. The van der Waals surface area contributed by atoms with Gasteiger partial charge in [0.1, 0.15) is 0 Å². The molecule has 0 radical (unpaired) electrons. The number of primary amides is 1. The first kappa shape index (κ1) is 15.4. The number of hydrogen-bond acceptors (Lipinski definition) is 3. The van der Waals surface area contributed by atoms with Crippen molar-refractivity contribution in [3.05, 3.63) is 0 Å². The zero-order valence-electron chi connectivity index (χ0n) is 11.3. The van der Waals surface area contributed by atoms with E-state index in [1.165, 1.54) is 0 Å². The Bertz CT molecular complexity index is 218. The highest BCUT2D eigenvalue weighted by molar-refractivity contribution is 5.84. The molecule has 0 aliphatic heterocycles. The lowest BCUT2D eigenvalue weighted by Gasteiger charge is -2.31. The molecule has 1 atom stereocenters. The van der Waals surface area contributed by atoms with Gasteiger partial charge in [-0.2, -0.15) is 0 Å². The summed E-state index contributed by atoms with van der Waals surface area (Å²) < 4.78 is 0. The first-order valence-corrected chi connectivity index (χ1v) is 6.10. The van der Waals surface area contributed by atoms with Crippen molar-refractivity contribution in [1.29, 1.82) is 0 Å². The Morgan fingerprint density at radius 1 is 1.44 bits per heavy atom. The van der Waals surface area contributed by atoms with Crippen molar-refractivity contribution in [2.24, 2.45) is 5.73 Å². The lowest BCUT2D eigenvalue weighted by molar-refractivity contribution is -0.124. The number of nitrogens with two attached hydrogens (primary N) is 1. The summed E-state index contributed by atoms with van der Waals surface area (Å²) in [6, 6.07) is 0.508. The van der Waals surface area contributed by atoms with Crippen molar-refractivity contribution in [3.63, 3.8) is 0 Å². The summed E-state index contributed by atoms with van der Waals surface area (Å²) in [5.41, 5.74) is 4.80. The van der Waals surface area contributed by atoms with Crippen LogP contribution < -0.4 is 11.1 Å². The van der Waals surface area contributed by atoms with Crippen molar-refractivity contribution in [2.75, 3.05) is 20.1 Å². The van der Waals surface area contributed by atoms with Crippen LogP contribution in [0.25, 0.3) is 0 Å². The van der Waals surface area contributed by atoms with E-state index in [9.17, 15) is 4.79 Å². The van der Waals surface area contributed by atoms with E-state index in [2.05, 4.69) is 31.0 Å². The molecule has 0 heterocycles. The van der Waals surface area contributed by atoms with Gasteiger partial charge in [0.05, 0.1) is 5.54 Å². The summed E-state index contributed by atoms with van der Waals surface area (Å²) in [7, 11) is 1.78. The van der Waals surface area contributed by atoms with Gasteiger partial charge in [-0.15, -0.1) is 0 Å². The molecule has 96 valence electrons. The Morgan fingerprint density at radius 2 is 2.00 bits per heavy atom. The maximum Gasteiger partial charge on any atom is 0.237 e. The Labute approximate surface area is 99.6 Å². The van der Waals surface area contributed by atoms with E-state index in [1.54, 1.807) is 7.05 Å². The molecule has 4 heteroatoms. The largest absolute Gasteiger partial charge is 0.368 e. The quantitative estimate of drug-likeness (QED) is 0.652. The highest BCUT2D eigenvalue weighted by atomic mass is 16.1. The summed E-state index contributed by atoms with van der Waals surface area (Å²) in [6.45, 7) is 10.3. The normalized spacial score (nSPS) is 15.4. The lowest BCUT2D eigenvalue weighted by Crippen LogP contribution is -2.53. The summed E-state index contributed by atoms with van der Waals surface area (Å²) in [5, 5.41) is 3.01. The summed E-state index contributed by atoms with van der Waals surface area (Å²) in [4.78, 5) is 13.7. The molecule has 0 aliphatic carbocycles. The average Bonchev–Trinajstić information content (AvgIpc) is 2.22. The lowest BCUT2D eigenvalue weighted by atomic mass is 9.96. The number of carbonyl (C=O) groups excluding carboxylic acids is 1. The van der Waals surface area contributed by atoms with Crippen LogP contribution in [0.2, 0.25) is 0 Å². The molecular weight excluding hydrogens is 202 g/mol. The second-order valence-corrected chi connectivity index (χ2v) is 4.83. The zero-order chi connectivity index (χ0) is 12.8. The topological polar surface area (TPSA) is 58.4 Å². The van der Waals surface area contributed by atoms with E-state index < -0.39 is 5.54 Å². The van der Waals surface area contributed by atoms with Gasteiger partial charge >= 0.3 is 0 Å². The molecule has 0 saturated carbocycles. The molecule has 16 heavy (non-hydrogen) atoms. The molecule has 0 aromatic heterocycles. The predicted molar refractivity (Wildman–Crippen MR) is 68.3 cm³/mol. The first-order valence-electron chi connectivity index (χ1n) is 6.10. The van der Waals surface area contributed by atoms with Crippen LogP contribution in [-0.4, -0.2) is 42.5 Å². The second-order valence-electron chi connectivity index (χ2n) is 4.83. The number of nitrogens with zero attached hydrogens (tertiary/aromatic N) is 1. The molecule has 0 aromatic carbocycles. The van der Waals surface area contributed by atoms with E-state index in [0.29, 0.717) is 6.04 Å². The minimum absolute atomic E-state index is 0.282. The second kappa shape index (κ2) is 6.86. The molecule has 0 aromatic rings. The third-order valence-electron chi connectivity index (χ3n) is 3.24. The Balaban J connectivity index is 4.32. The van der Waals surface area contributed by atoms with Gasteiger partial charge in [0.2, 0.25) is 5.91 Å². The van der Waals surface area contributed by atoms with Gasteiger partial charge in [-0.3, -0.25) is 4.79 Å². The van der Waals surface area contributed by atoms with Gasteiger partial charge in [-0.25, -0.2) is 0 Å². The third-order valence-corrected chi connectivity index (χ3v) is 3.24. The summed E-state index contributed by atoms with van der Waals surface area (Å²) in [6.07, 6.45) is 1.88. The maximum absolute atomic E-state index is 11.3. The van der Waals surface area contributed by atoms with E-state index in [4.69, 9.17) is 5.73 Å². The van der Waals surface area contributed by atoms with Crippen LogP contribution in [0.3, 0.4) is 0 Å². The van der Waals surface area contributed by atoms with Crippen molar-refractivity contribution in [2.45, 2.75) is 52.1 Å². The van der Waals surface area contributed by atoms with Gasteiger partial charge in [-0.05, 0) is 47.2 Å². The van der Waals surface area contributed by atoms with Crippen molar-refractivity contribution >= 4 is 5.91 Å². The molecule has 0 bridgehead atoms. The van der Waals surface area contributed by atoms with E-state index >= 15 is 0 Å². The molecule has 0 aliphatic rings. The fourth-order valence-corrected chi connectivity index (χ4v) is 1.65. The molecule has 0 saturated heterocycles. The van der Waals surface area contributed by atoms with Gasteiger partial charge in [0.25, 0.3) is 0 Å². The highest BCUT2D eigenvalue weighted by Crippen LogP contribution is 2.11. The van der Waals surface area contributed by atoms with Gasteiger partial charge < -0.3 is 16.0 Å². The number of likely N-dealkylation sites (N-methyl/N-ethyl adjacent to an activating group) is 1. The Morgan fingerprint density at radius 3 is 2.31 bits per heavy atom. The minimum atomic E-state index is -0.596. The summed E-state index contributed by atoms with van der Waals surface area (Å²) >= 11 is 0. The van der Waals surface area contributed by atoms with Crippen molar-refractivity contribution < 1.29 is 4.79 Å². The van der Waals surface area contributed by atoms with Crippen LogP contribution >= 0.6 is 0 Å². The number of carbonyl (C=O) groups is 1. The average molecular weight is 229 g/mol. The number of amides is 1. The maximum atomic E-state index is 11.3. The smallest absolute Gasteiger partial charge is 0.237 e. The molecule has 4 nitrogen and oxygen atoms in total. The van der Waals surface area contributed by atoms with Crippen molar-refractivity contribution in [3.8, 4) is 0 Å². The van der Waals surface area contributed by atoms with Crippen molar-refractivity contribution in [1.82, 2.24) is 10.2 Å². The highest BCUT2D eigenvalue weighted by Gasteiger charge is 2.29. The van der Waals surface area contributed by atoms with Crippen LogP contribution in [0.5, 0.6) is 0 Å². The molecule has 1 amide bonds. The zero-order valence-corrected chi connectivity index (χ0v) is 11.3. The molecule has 0 rings (SSSR count). The monoisotopic (exact) mass is 229 g/mol. The SMILES string of the molecule is CCCN(CCC(C)(NC)C(N)=O)C(C)C. The van der Waals surface area contributed by atoms with Crippen LogP contribution in [0.4, 0.5) is 0 Å². The summed E-state index contributed by atoms with van der Waals surface area (Å²) in [5.74, 6) is -0.282. The van der Waals surface area contributed by atoms with Crippen LogP contribution in [0.15, 0.2) is 0 Å². The van der Waals surface area contributed by atoms with Gasteiger partial charge in [0.15, 0.2) is 0 Å². The standard InChI is InChI=1S/C12H27N3O/c1-6-8-15(10(2)3)9-7-12(4,14-5)11(13)16/h10,14H,6-9H2,1-5H3,(H2,13,16). The number of rotatable bonds is 8. The van der Waals surface area contributed by atoms with Crippen LogP contribution in [0, 0.1) is 0 Å². The number of nitrogens with one attached hydrogen (secondary N) is 1. The third kappa shape index (κ3) is 4.49. The van der Waals surface area contributed by atoms with Crippen LogP contribution in [0.1, 0.15) is 40.5 Å². The molecule has 0 spiro atoms. The van der Waals surface area contributed by atoms with E-state index in [0.717, 1.165) is 25.9 Å². The Kier molecular flexibility index (Phi) is 6.60.